The van der Waals surface area contributed by atoms with Crippen molar-refractivity contribution in [2.24, 2.45) is 5.73 Å². The Hall–Kier alpha value is -3.08. The number of benzene rings is 1. The van der Waals surface area contributed by atoms with Gasteiger partial charge in [0.05, 0.1) is 5.57 Å². The summed E-state index contributed by atoms with van der Waals surface area (Å²) in [5.41, 5.74) is 14.7. The van der Waals surface area contributed by atoms with Crippen LogP contribution >= 0.6 is 11.3 Å². The molecular formula is C32H37NO2S. The first-order valence-electron chi connectivity index (χ1n) is 12.3. The first-order chi connectivity index (χ1) is 16.8. The predicted octanol–water partition coefficient (Wildman–Crippen LogP) is 7.93. The average Bonchev–Trinajstić information content (AvgIpc) is 3.36. The molecule has 0 radical (unpaired) electrons. The number of carbonyl (C=O) groups excluding carboxylic acids is 2. The standard InChI is InChI=1S/C32H37NO2S/c1-10-20(5)29(18(2)3)21(6)14-28(22(7)33)32(8,9)23-15-24(36-17-23)16-27-30(34)25-12-11-19(4)13-26(25)31(27)35/h11-17,22H,2,6,10,33H2,1,3-5,7-9H3/b27-16+,28-14+,29-20+/t22-/m0/s1. The van der Waals surface area contributed by atoms with Crippen molar-refractivity contribution in [2.45, 2.75) is 66.3 Å². The van der Waals surface area contributed by atoms with Crippen molar-refractivity contribution >= 4 is 29.0 Å². The van der Waals surface area contributed by atoms with Gasteiger partial charge in [-0.1, -0.05) is 68.8 Å². The van der Waals surface area contributed by atoms with Gasteiger partial charge in [0.15, 0.2) is 11.6 Å². The molecule has 0 amide bonds. The smallest absolute Gasteiger partial charge is 0.197 e. The molecule has 3 rings (SSSR count). The zero-order chi connectivity index (χ0) is 26.9. The van der Waals surface area contributed by atoms with Gasteiger partial charge in [-0.05, 0) is 80.0 Å². The third-order valence-electron chi connectivity index (χ3n) is 7.03. The molecule has 0 aliphatic heterocycles. The number of thiophene rings is 1. The van der Waals surface area contributed by atoms with E-state index < -0.39 is 0 Å². The van der Waals surface area contributed by atoms with Gasteiger partial charge in [0.1, 0.15) is 0 Å². The number of fused-ring (bicyclic) bond motifs is 1. The second-order valence-corrected chi connectivity index (χ2v) is 11.3. The highest BCUT2D eigenvalue weighted by Crippen LogP contribution is 2.39. The van der Waals surface area contributed by atoms with Crippen molar-refractivity contribution in [1.82, 2.24) is 0 Å². The summed E-state index contributed by atoms with van der Waals surface area (Å²) in [6.45, 7) is 23.0. The number of allylic oxidation sites excluding steroid dienone is 6. The molecule has 1 aromatic carbocycles. The molecule has 1 aromatic heterocycles. The van der Waals surface area contributed by atoms with Gasteiger partial charge < -0.3 is 5.73 Å². The van der Waals surface area contributed by atoms with Crippen LogP contribution in [0.2, 0.25) is 0 Å². The van der Waals surface area contributed by atoms with Gasteiger partial charge >= 0.3 is 0 Å². The minimum Gasteiger partial charge on any atom is -0.324 e. The maximum Gasteiger partial charge on any atom is 0.197 e. The van der Waals surface area contributed by atoms with Gasteiger partial charge in [-0.25, -0.2) is 0 Å². The Balaban J connectivity index is 1.99. The van der Waals surface area contributed by atoms with E-state index >= 15 is 0 Å². The number of nitrogens with two attached hydrogens (primary N) is 1. The van der Waals surface area contributed by atoms with Gasteiger partial charge in [0.25, 0.3) is 0 Å². The lowest BCUT2D eigenvalue weighted by molar-refractivity contribution is 0.0990. The highest BCUT2D eigenvalue weighted by atomic mass is 32.1. The normalized spacial score (nSPS) is 16.8. The Bertz CT molecular complexity index is 1360. The van der Waals surface area contributed by atoms with Crippen LogP contribution in [0, 0.1) is 6.92 Å². The predicted molar refractivity (Wildman–Crippen MR) is 154 cm³/mol. The van der Waals surface area contributed by atoms with Crippen LogP contribution in [-0.2, 0) is 5.41 Å². The van der Waals surface area contributed by atoms with Crippen molar-refractivity contribution in [1.29, 1.82) is 0 Å². The number of aryl methyl sites for hydroxylation is 1. The third kappa shape index (κ3) is 5.21. The lowest BCUT2D eigenvalue weighted by Crippen LogP contribution is -2.32. The maximum atomic E-state index is 13.0. The average molecular weight is 500 g/mol. The van der Waals surface area contributed by atoms with Crippen molar-refractivity contribution in [3.05, 3.63) is 109 Å². The molecule has 1 aliphatic carbocycles. The molecule has 1 aliphatic rings. The maximum absolute atomic E-state index is 13.0. The van der Waals surface area contributed by atoms with Crippen LogP contribution in [0.1, 0.15) is 84.7 Å². The largest absolute Gasteiger partial charge is 0.324 e. The summed E-state index contributed by atoms with van der Waals surface area (Å²) < 4.78 is 0. The van der Waals surface area contributed by atoms with Crippen LogP contribution in [-0.4, -0.2) is 17.6 Å². The summed E-state index contributed by atoms with van der Waals surface area (Å²) in [6.07, 6.45) is 4.76. The third-order valence-corrected chi connectivity index (χ3v) is 7.91. The fraction of sp³-hybridized carbons (Fsp3) is 0.312. The number of rotatable bonds is 8. The molecule has 0 saturated carbocycles. The van der Waals surface area contributed by atoms with Crippen LogP contribution in [0.4, 0.5) is 0 Å². The fourth-order valence-corrected chi connectivity index (χ4v) is 5.87. The second-order valence-electron chi connectivity index (χ2n) is 10.3. The van der Waals surface area contributed by atoms with Crippen LogP contribution < -0.4 is 5.73 Å². The fourth-order valence-electron chi connectivity index (χ4n) is 4.86. The topological polar surface area (TPSA) is 60.2 Å². The van der Waals surface area contributed by atoms with Crippen molar-refractivity contribution in [3.63, 3.8) is 0 Å². The number of ketones is 2. The molecule has 4 heteroatoms. The Morgan fingerprint density at radius 3 is 2.33 bits per heavy atom. The minimum absolute atomic E-state index is 0.192. The molecule has 3 nitrogen and oxygen atoms in total. The van der Waals surface area contributed by atoms with Crippen LogP contribution in [0.3, 0.4) is 0 Å². The summed E-state index contributed by atoms with van der Waals surface area (Å²) in [4.78, 5) is 26.7. The summed E-state index contributed by atoms with van der Waals surface area (Å²) in [5, 5.41) is 2.08. The van der Waals surface area contributed by atoms with Crippen LogP contribution in [0.25, 0.3) is 6.08 Å². The van der Waals surface area contributed by atoms with E-state index in [1.807, 2.05) is 26.8 Å². The first-order valence-corrected chi connectivity index (χ1v) is 13.2. The number of carbonyl (C=O) groups is 2. The van der Waals surface area contributed by atoms with E-state index in [0.717, 1.165) is 44.7 Å². The Morgan fingerprint density at radius 1 is 1.11 bits per heavy atom. The van der Waals surface area contributed by atoms with Gasteiger partial charge in [0.2, 0.25) is 0 Å². The Kier molecular flexibility index (Phi) is 8.02. The van der Waals surface area contributed by atoms with E-state index in [1.165, 1.54) is 16.9 Å². The minimum atomic E-state index is -0.381. The number of hydrogen-bond donors (Lipinski definition) is 1. The van der Waals surface area contributed by atoms with E-state index in [2.05, 4.69) is 58.4 Å². The molecule has 1 heterocycles. The molecule has 2 N–H and O–H groups in total. The van der Waals surface area contributed by atoms with Gasteiger partial charge in [-0.3, -0.25) is 9.59 Å². The van der Waals surface area contributed by atoms with Gasteiger partial charge in [-0.2, -0.15) is 0 Å². The van der Waals surface area contributed by atoms with Crippen LogP contribution in [0.5, 0.6) is 0 Å². The molecule has 0 spiro atoms. The monoisotopic (exact) mass is 499 g/mol. The van der Waals surface area contributed by atoms with Gasteiger partial charge in [-0.15, -0.1) is 11.3 Å². The van der Waals surface area contributed by atoms with Crippen molar-refractivity contribution < 1.29 is 9.59 Å². The van der Waals surface area contributed by atoms with Crippen LogP contribution in [0.15, 0.2) is 82.3 Å². The summed E-state index contributed by atoms with van der Waals surface area (Å²) in [7, 11) is 0. The molecular weight excluding hydrogens is 462 g/mol. The lowest BCUT2D eigenvalue weighted by Gasteiger charge is -2.31. The van der Waals surface area contributed by atoms with E-state index in [9.17, 15) is 9.59 Å². The summed E-state index contributed by atoms with van der Waals surface area (Å²) in [6, 6.07) is 7.26. The highest BCUT2D eigenvalue weighted by Gasteiger charge is 2.34. The number of hydrogen-bond acceptors (Lipinski definition) is 4. The molecule has 36 heavy (non-hydrogen) atoms. The molecule has 0 bridgehead atoms. The Morgan fingerprint density at radius 2 is 1.75 bits per heavy atom. The van der Waals surface area contributed by atoms with Crippen molar-refractivity contribution in [2.75, 3.05) is 0 Å². The number of Topliss-reactive ketones (excluding diaryl/α,β-unsaturated/α-hetero) is 2. The lowest BCUT2D eigenvalue weighted by atomic mass is 9.74. The molecule has 1 atom stereocenters. The molecule has 2 aromatic rings. The van der Waals surface area contributed by atoms with Gasteiger partial charge in [0, 0.05) is 27.5 Å². The molecule has 188 valence electrons. The zero-order valence-electron chi connectivity index (χ0n) is 22.5. The molecule has 0 saturated heterocycles. The summed E-state index contributed by atoms with van der Waals surface area (Å²) in [5.74, 6) is -0.409. The zero-order valence-corrected chi connectivity index (χ0v) is 23.4. The van der Waals surface area contributed by atoms with E-state index in [-0.39, 0.29) is 28.6 Å². The quantitative estimate of drug-likeness (QED) is 0.228. The first kappa shape index (κ1) is 27.5. The second kappa shape index (κ2) is 10.5. The molecule has 0 unspecified atom stereocenters. The molecule has 0 fully saturated rings. The van der Waals surface area contributed by atoms with Crippen molar-refractivity contribution in [3.8, 4) is 0 Å². The summed E-state index contributed by atoms with van der Waals surface area (Å²) >= 11 is 1.52. The highest BCUT2D eigenvalue weighted by molar-refractivity contribution is 7.11. The van der Waals surface area contributed by atoms with E-state index in [1.54, 1.807) is 18.2 Å². The SMILES string of the molecule is C=C(C)/C(C(=C)/C=C(\[C@H](C)N)C(C)(C)c1csc(/C=C2\C(=O)c3ccc(C)cc3C2=O)c1)=C(/C)CC. The van der Waals surface area contributed by atoms with E-state index in [0.29, 0.717) is 11.1 Å². The Labute approximate surface area is 219 Å². The van der Waals surface area contributed by atoms with E-state index in [4.69, 9.17) is 5.73 Å².